The van der Waals surface area contributed by atoms with Crippen molar-refractivity contribution in [3.05, 3.63) is 24.3 Å². The van der Waals surface area contributed by atoms with Gasteiger partial charge in [-0.25, -0.2) is 4.79 Å². The number of anilines is 1. The topological polar surface area (TPSA) is 52.0 Å². The van der Waals surface area contributed by atoms with E-state index in [1.54, 1.807) is 0 Å². The molecule has 0 radical (unpaired) electrons. The van der Waals surface area contributed by atoms with Crippen molar-refractivity contribution in [2.45, 2.75) is 51.9 Å². The van der Waals surface area contributed by atoms with Crippen molar-refractivity contribution in [3.63, 3.8) is 0 Å². The summed E-state index contributed by atoms with van der Waals surface area (Å²) in [4.78, 5) is 13.3. The molecule has 1 aromatic carbocycles. The van der Waals surface area contributed by atoms with Gasteiger partial charge in [0.1, 0.15) is 18.9 Å². The van der Waals surface area contributed by atoms with Crippen LogP contribution in [-0.2, 0) is 4.74 Å². The maximum absolute atomic E-state index is 11.8. The molecule has 1 heterocycles. The van der Waals surface area contributed by atoms with Gasteiger partial charge >= 0.3 is 6.09 Å². The molecule has 0 bridgehead atoms. The van der Waals surface area contributed by atoms with Crippen molar-refractivity contribution in [3.8, 4) is 5.75 Å². The summed E-state index contributed by atoms with van der Waals surface area (Å²) in [6, 6.07) is 7.46. The van der Waals surface area contributed by atoms with Gasteiger partial charge in [-0.1, -0.05) is 32.6 Å². The van der Waals surface area contributed by atoms with Crippen LogP contribution in [-0.4, -0.2) is 38.9 Å². The fourth-order valence-corrected chi connectivity index (χ4v) is 3.10. The number of rotatable bonds is 11. The molecule has 5 nitrogen and oxygen atoms in total. The van der Waals surface area contributed by atoms with Gasteiger partial charge in [-0.3, -0.25) is 5.32 Å². The van der Waals surface area contributed by atoms with E-state index in [4.69, 9.17) is 9.47 Å². The Bertz CT molecular complexity index is 484. The summed E-state index contributed by atoms with van der Waals surface area (Å²) in [7, 11) is 0. The predicted octanol–water partition coefficient (Wildman–Crippen LogP) is 3.26. The molecule has 1 fully saturated rings. The smallest absolute Gasteiger partial charge is 0.411 e. The van der Waals surface area contributed by atoms with Crippen molar-refractivity contribution in [2.75, 3.05) is 38.2 Å². The maximum atomic E-state index is 11.8. The second-order valence-corrected chi connectivity index (χ2v) is 6.76. The number of hydrogen-bond acceptors (Lipinski definition) is 3. The molecule has 1 aromatic rings. The highest BCUT2D eigenvalue weighted by atomic mass is 16.5. The Labute approximate surface area is 151 Å². The molecular formula is C20H33N2O3+. The van der Waals surface area contributed by atoms with Crippen LogP contribution in [0, 0.1) is 0 Å². The van der Waals surface area contributed by atoms with Gasteiger partial charge < -0.3 is 14.4 Å². The molecule has 0 atom stereocenters. The lowest BCUT2D eigenvalue weighted by atomic mass is 10.2. The molecule has 2 rings (SSSR count). The highest BCUT2D eigenvalue weighted by Gasteiger charge is 2.15. The summed E-state index contributed by atoms with van der Waals surface area (Å²) in [6.07, 6.45) is 8.34. The number of ether oxygens (including phenoxy) is 2. The molecular weight excluding hydrogens is 316 g/mol. The van der Waals surface area contributed by atoms with Crippen LogP contribution >= 0.6 is 0 Å². The zero-order chi connectivity index (χ0) is 17.7. The summed E-state index contributed by atoms with van der Waals surface area (Å²) in [5.74, 6) is 0.840. The number of benzene rings is 1. The number of likely N-dealkylation sites (tertiary alicyclic amines) is 1. The minimum atomic E-state index is -0.386. The van der Waals surface area contributed by atoms with Gasteiger partial charge in [-0.05, 0) is 30.7 Å². The third-order valence-electron chi connectivity index (χ3n) is 4.62. The molecule has 140 valence electrons. The molecule has 25 heavy (non-hydrogen) atoms. The standard InChI is InChI=1S/C20H32N2O3/c1-2-3-4-5-8-16-24-19-11-9-18(10-12-19)21-20(23)25-17-15-22-13-6-7-14-22/h9-12H,2-8,13-17H2,1H3,(H,21,23)/p+1. The molecule has 1 amide bonds. The Morgan fingerprint density at radius 3 is 2.48 bits per heavy atom. The highest BCUT2D eigenvalue weighted by molar-refractivity contribution is 5.84. The van der Waals surface area contributed by atoms with Crippen LogP contribution in [0.5, 0.6) is 5.75 Å². The second-order valence-electron chi connectivity index (χ2n) is 6.76. The first-order valence-corrected chi connectivity index (χ1v) is 9.78. The average Bonchev–Trinajstić information content (AvgIpc) is 3.13. The van der Waals surface area contributed by atoms with Crippen LogP contribution in [0.25, 0.3) is 0 Å². The van der Waals surface area contributed by atoms with Crippen LogP contribution in [0.1, 0.15) is 51.9 Å². The Morgan fingerprint density at radius 1 is 1.04 bits per heavy atom. The lowest BCUT2D eigenvalue weighted by molar-refractivity contribution is -0.887. The lowest BCUT2D eigenvalue weighted by Gasteiger charge is -2.12. The van der Waals surface area contributed by atoms with Crippen molar-refractivity contribution in [1.29, 1.82) is 0 Å². The second kappa shape index (κ2) is 11.7. The molecule has 2 N–H and O–H groups in total. The van der Waals surface area contributed by atoms with Gasteiger partial charge in [0.15, 0.2) is 0 Å². The van der Waals surface area contributed by atoms with E-state index in [-0.39, 0.29) is 6.09 Å². The average molecular weight is 349 g/mol. The van der Waals surface area contributed by atoms with E-state index in [1.807, 2.05) is 24.3 Å². The molecule has 0 aromatic heterocycles. The number of quaternary nitrogens is 1. The van der Waals surface area contributed by atoms with Crippen LogP contribution in [0.2, 0.25) is 0 Å². The van der Waals surface area contributed by atoms with E-state index in [9.17, 15) is 4.79 Å². The van der Waals surface area contributed by atoms with Gasteiger partial charge in [-0.15, -0.1) is 0 Å². The number of carbonyl (C=O) groups excluding carboxylic acids is 1. The molecule has 1 aliphatic heterocycles. The van der Waals surface area contributed by atoms with Crippen molar-refractivity contribution < 1.29 is 19.2 Å². The Morgan fingerprint density at radius 2 is 1.76 bits per heavy atom. The Kier molecular flexibility index (Phi) is 9.19. The molecule has 0 saturated carbocycles. The van der Waals surface area contributed by atoms with Crippen LogP contribution in [0.15, 0.2) is 24.3 Å². The van der Waals surface area contributed by atoms with Crippen molar-refractivity contribution in [2.24, 2.45) is 0 Å². The normalized spacial score (nSPS) is 14.4. The Hall–Kier alpha value is -1.75. The highest BCUT2D eigenvalue weighted by Crippen LogP contribution is 2.16. The van der Waals surface area contributed by atoms with E-state index in [0.717, 1.165) is 31.0 Å². The number of amides is 1. The molecule has 1 aliphatic rings. The first-order valence-electron chi connectivity index (χ1n) is 9.78. The van der Waals surface area contributed by atoms with Crippen LogP contribution < -0.4 is 15.0 Å². The number of hydrogen-bond donors (Lipinski definition) is 2. The molecule has 0 aliphatic carbocycles. The maximum Gasteiger partial charge on any atom is 0.411 e. The van der Waals surface area contributed by atoms with Crippen LogP contribution in [0.3, 0.4) is 0 Å². The SMILES string of the molecule is CCCCCCCOc1ccc(NC(=O)OCC[NH+]2CCCC2)cc1. The van der Waals surface area contributed by atoms with E-state index in [1.165, 1.54) is 56.5 Å². The van der Waals surface area contributed by atoms with E-state index >= 15 is 0 Å². The predicted molar refractivity (Wildman–Crippen MR) is 100 cm³/mol. The summed E-state index contributed by atoms with van der Waals surface area (Å²) < 4.78 is 11.0. The van der Waals surface area contributed by atoms with Gasteiger partial charge in [-0.2, -0.15) is 0 Å². The number of unbranched alkanes of at least 4 members (excludes halogenated alkanes) is 4. The summed E-state index contributed by atoms with van der Waals surface area (Å²) in [5.41, 5.74) is 0.730. The fourth-order valence-electron chi connectivity index (χ4n) is 3.10. The zero-order valence-electron chi connectivity index (χ0n) is 15.5. The summed E-state index contributed by atoms with van der Waals surface area (Å²) in [5, 5.41) is 2.76. The van der Waals surface area contributed by atoms with Crippen molar-refractivity contribution >= 4 is 11.8 Å². The summed E-state index contributed by atoms with van der Waals surface area (Å²) in [6.45, 7) is 6.74. The van der Waals surface area contributed by atoms with E-state index in [2.05, 4.69) is 12.2 Å². The third kappa shape index (κ3) is 8.25. The minimum Gasteiger partial charge on any atom is -0.494 e. The van der Waals surface area contributed by atoms with Gasteiger partial charge in [0, 0.05) is 18.5 Å². The van der Waals surface area contributed by atoms with Gasteiger partial charge in [0.05, 0.1) is 19.7 Å². The molecule has 0 unspecified atom stereocenters. The summed E-state index contributed by atoms with van der Waals surface area (Å²) >= 11 is 0. The molecule has 5 heteroatoms. The van der Waals surface area contributed by atoms with E-state index in [0.29, 0.717) is 6.61 Å². The minimum absolute atomic E-state index is 0.386. The van der Waals surface area contributed by atoms with Crippen LogP contribution in [0.4, 0.5) is 10.5 Å². The number of carbonyl (C=O) groups is 1. The molecule has 0 spiro atoms. The van der Waals surface area contributed by atoms with E-state index < -0.39 is 0 Å². The van der Waals surface area contributed by atoms with Gasteiger partial charge in [0.25, 0.3) is 0 Å². The Balaban J connectivity index is 1.58. The monoisotopic (exact) mass is 349 g/mol. The number of nitrogens with one attached hydrogen (secondary N) is 2. The first kappa shape index (κ1) is 19.6. The quantitative estimate of drug-likeness (QED) is 0.603. The molecule has 1 saturated heterocycles. The first-order chi connectivity index (χ1) is 12.3. The zero-order valence-corrected chi connectivity index (χ0v) is 15.5. The largest absolute Gasteiger partial charge is 0.494 e. The van der Waals surface area contributed by atoms with Crippen molar-refractivity contribution in [1.82, 2.24) is 0 Å². The van der Waals surface area contributed by atoms with Gasteiger partial charge in [0.2, 0.25) is 0 Å². The third-order valence-corrected chi connectivity index (χ3v) is 4.62. The lowest BCUT2D eigenvalue weighted by Crippen LogP contribution is -3.10. The fraction of sp³-hybridized carbons (Fsp3) is 0.650.